The lowest BCUT2D eigenvalue weighted by molar-refractivity contribution is 0.0902. The third-order valence-corrected chi connectivity index (χ3v) is 4.43. The van der Waals surface area contributed by atoms with Crippen LogP contribution in [0, 0.1) is 6.92 Å². The number of hydrogen-bond acceptors (Lipinski definition) is 1. The molecular weight excluding hydrogens is 314 g/mol. The molecule has 0 fully saturated rings. The number of carbonyl (C=O) groups is 1. The monoisotopic (exact) mass is 331 g/mol. The fraction of sp³-hybridized carbons (Fsp3) is 0.500. The summed E-state index contributed by atoms with van der Waals surface area (Å²) in [6.07, 6.45) is 1.66. The number of nitrogens with one attached hydrogen (secondary N) is 1. The van der Waals surface area contributed by atoms with Crippen LogP contribution in [0.1, 0.15) is 42.6 Å². The Hall–Kier alpha value is -0.540. The van der Waals surface area contributed by atoms with E-state index in [-0.39, 0.29) is 11.4 Å². The van der Waals surface area contributed by atoms with E-state index in [0.29, 0.717) is 11.4 Å². The highest BCUT2D eigenvalue weighted by atomic mass is 79.9. The van der Waals surface area contributed by atoms with Gasteiger partial charge in [-0.3, -0.25) is 4.79 Å². The first kappa shape index (κ1) is 15.5. The molecule has 1 aromatic rings. The normalized spacial score (nSPS) is 11.4. The molecule has 1 rings (SSSR count). The summed E-state index contributed by atoms with van der Waals surface area (Å²) in [6, 6.07) is 5.65. The van der Waals surface area contributed by atoms with Crippen LogP contribution in [0.3, 0.4) is 0 Å². The SMILES string of the molecule is CCC(CC)(CCl)NC(=O)c1ccc(Br)cc1C. The van der Waals surface area contributed by atoms with Gasteiger partial charge in [0, 0.05) is 15.9 Å². The van der Waals surface area contributed by atoms with Gasteiger partial charge in [0.15, 0.2) is 0 Å². The Labute approximate surface area is 122 Å². The average Bonchev–Trinajstić information content (AvgIpc) is 2.36. The van der Waals surface area contributed by atoms with E-state index in [2.05, 4.69) is 21.2 Å². The quantitative estimate of drug-likeness (QED) is 0.801. The maximum absolute atomic E-state index is 12.3. The summed E-state index contributed by atoms with van der Waals surface area (Å²) < 4.78 is 0.978. The van der Waals surface area contributed by atoms with Gasteiger partial charge in [0.25, 0.3) is 5.91 Å². The van der Waals surface area contributed by atoms with Crippen molar-refractivity contribution in [1.29, 1.82) is 0 Å². The second-order valence-corrected chi connectivity index (χ2v) is 5.72. The number of benzene rings is 1. The molecule has 0 unspecified atom stereocenters. The third kappa shape index (κ3) is 3.48. The van der Waals surface area contributed by atoms with Crippen molar-refractivity contribution >= 4 is 33.4 Å². The Bertz CT molecular complexity index is 422. The van der Waals surface area contributed by atoms with Crippen LogP contribution in [0.25, 0.3) is 0 Å². The minimum absolute atomic E-state index is 0.0515. The summed E-state index contributed by atoms with van der Waals surface area (Å²) in [6.45, 7) is 6.02. The Kier molecular flexibility index (Phi) is 5.67. The second-order valence-electron chi connectivity index (χ2n) is 4.53. The molecule has 0 aliphatic carbocycles. The predicted octanol–water partition coefficient (Wildman–Crippen LogP) is 4.28. The summed E-state index contributed by atoms with van der Waals surface area (Å²) in [7, 11) is 0. The molecule has 0 aliphatic heterocycles. The number of rotatable bonds is 5. The molecule has 0 aliphatic rings. The predicted molar refractivity (Wildman–Crippen MR) is 80.4 cm³/mol. The summed E-state index contributed by atoms with van der Waals surface area (Å²) in [4.78, 5) is 12.3. The topological polar surface area (TPSA) is 29.1 Å². The molecule has 100 valence electrons. The second kappa shape index (κ2) is 6.58. The van der Waals surface area contributed by atoms with Crippen molar-refractivity contribution in [2.45, 2.75) is 39.2 Å². The van der Waals surface area contributed by atoms with E-state index in [1.165, 1.54) is 0 Å². The van der Waals surface area contributed by atoms with Gasteiger partial charge < -0.3 is 5.32 Å². The van der Waals surface area contributed by atoms with Gasteiger partial charge in [-0.25, -0.2) is 0 Å². The van der Waals surface area contributed by atoms with Gasteiger partial charge in [-0.05, 0) is 43.5 Å². The molecule has 0 saturated carbocycles. The van der Waals surface area contributed by atoms with E-state index >= 15 is 0 Å². The summed E-state index contributed by atoms with van der Waals surface area (Å²) in [5.41, 5.74) is 1.35. The third-order valence-electron chi connectivity index (χ3n) is 3.42. The van der Waals surface area contributed by atoms with E-state index < -0.39 is 0 Å². The highest BCUT2D eigenvalue weighted by molar-refractivity contribution is 9.10. The first-order chi connectivity index (χ1) is 8.48. The van der Waals surface area contributed by atoms with Gasteiger partial charge in [0.05, 0.1) is 5.54 Å². The van der Waals surface area contributed by atoms with Gasteiger partial charge in [-0.2, -0.15) is 0 Å². The van der Waals surface area contributed by atoms with Crippen molar-refractivity contribution in [3.05, 3.63) is 33.8 Å². The van der Waals surface area contributed by atoms with Crippen LogP contribution in [0.2, 0.25) is 0 Å². The van der Waals surface area contributed by atoms with E-state index in [0.717, 1.165) is 22.9 Å². The molecule has 0 bridgehead atoms. The molecule has 0 radical (unpaired) electrons. The largest absolute Gasteiger partial charge is 0.345 e. The van der Waals surface area contributed by atoms with Crippen LogP contribution in [0.4, 0.5) is 0 Å². The standard InChI is InChI=1S/C14H19BrClNO/c1-4-14(5-2,9-16)17-13(18)12-7-6-11(15)8-10(12)3/h6-8H,4-5,9H2,1-3H3,(H,17,18). The number of alkyl halides is 1. The lowest BCUT2D eigenvalue weighted by Crippen LogP contribution is -2.49. The molecule has 1 aromatic carbocycles. The average molecular weight is 333 g/mol. The van der Waals surface area contributed by atoms with Crippen molar-refractivity contribution in [3.63, 3.8) is 0 Å². The van der Waals surface area contributed by atoms with E-state index in [4.69, 9.17) is 11.6 Å². The number of hydrogen-bond donors (Lipinski definition) is 1. The van der Waals surface area contributed by atoms with Gasteiger partial charge in [-0.15, -0.1) is 11.6 Å². The van der Waals surface area contributed by atoms with Gasteiger partial charge in [-0.1, -0.05) is 29.8 Å². The Morgan fingerprint density at radius 3 is 2.44 bits per heavy atom. The van der Waals surface area contributed by atoms with Crippen molar-refractivity contribution in [2.24, 2.45) is 0 Å². The highest BCUT2D eigenvalue weighted by Crippen LogP contribution is 2.20. The Balaban J connectivity index is 2.94. The molecule has 0 aromatic heterocycles. The first-order valence-corrected chi connectivity index (χ1v) is 7.45. The molecular formula is C14H19BrClNO. The highest BCUT2D eigenvalue weighted by Gasteiger charge is 2.27. The van der Waals surface area contributed by atoms with E-state index in [1.807, 2.05) is 39.0 Å². The lowest BCUT2D eigenvalue weighted by Gasteiger charge is -2.30. The summed E-state index contributed by atoms with van der Waals surface area (Å²) in [5, 5.41) is 3.07. The molecule has 1 N–H and O–H groups in total. The zero-order valence-corrected chi connectivity index (χ0v) is 13.4. The molecule has 4 heteroatoms. The van der Waals surface area contributed by atoms with Crippen LogP contribution >= 0.6 is 27.5 Å². The van der Waals surface area contributed by atoms with Crippen molar-refractivity contribution in [2.75, 3.05) is 5.88 Å². The summed E-state index contributed by atoms with van der Waals surface area (Å²) in [5.74, 6) is 0.380. The van der Waals surface area contributed by atoms with E-state index in [9.17, 15) is 4.79 Å². The van der Waals surface area contributed by atoms with Crippen LogP contribution in [0.5, 0.6) is 0 Å². The molecule has 0 heterocycles. The number of halogens is 2. The fourth-order valence-corrected chi connectivity index (χ4v) is 2.76. The van der Waals surface area contributed by atoms with Crippen LogP contribution in [0.15, 0.2) is 22.7 Å². The smallest absolute Gasteiger partial charge is 0.252 e. The van der Waals surface area contributed by atoms with Gasteiger partial charge >= 0.3 is 0 Å². The maximum Gasteiger partial charge on any atom is 0.252 e. The lowest BCUT2D eigenvalue weighted by atomic mass is 9.94. The zero-order valence-electron chi connectivity index (χ0n) is 11.0. The maximum atomic E-state index is 12.3. The minimum Gasteiger partial charge on any atom is -0.345 e. The molecule has 18 heavy (non-hydrogen) atoms. The molecule has 0 saturated heterocycles. The molecule has 2 nitrogen and oxygen atoms in total. The molecule has 0 atom stereocenters. The molecule has 0 spiro atoms. The van der Waals surface area contributed by atoms with E-state index in [1.54, 1.807) is 0 Å². The van der Waals surface area contributed by atoms with Gasteiger partial charge in [0.2, 0.25) is 0 Å². The number of carbonyl (C=O) groups excluding carboxylic acids is 1. The number of amides is 1. The zero-order chi connectivity index (χ0) is 13.8. The fourth-order valence-electron chi connectivity index (χ4n) is 1.84. The van der Waals surface area contributed by atoms with Crippen molar-refractivity contribution in [1.82, 2.24) is 5.32 Å². The summed E-state index contributed by atoms with van der Waals surface area (Å²) >= 11 is 9.39. The van der Waals surface area contributed by atoms with Crippen LogP contribution < -0.4 is 5.32 Å². The Morgan fingerprint density at radius 2 is 2.00 bits per heavy atom. The van der Waals surface area contributed by atoms with Crippen LogP contribution in [-0.4, -0.2) is 17.3 Å². The first-order valence-electron chi connectivity index (χ1n) is 6.12. The van der Waals surface area contributed by atoms with Crippen molar-refractivity contribution in [3.8, 4) is 0 Å². The molecule has 1 amide bonds. The van der Waals surface area contributed by atoms with Gasteiger partial charge in [0.1, 0.15) is 0 Å². The van der Waals surface area contributed by atoms with Crippen LogP contribution in [-0.2, 0) is 0 Å². The van der Waals surface area contributed by atoms with Crippen molar-refractivity contribution < 1.29 is 4.79 Å². The minimum atomic E-state index is -0.307. The Morgan fingerprint density at radius 1 is 1.39 bits per heavy atom. The number of aryl methyl sites for hydroxylation is 1.